The number of nitrogens with zero attached hydrogens (tertiary/aromatic N) is 1. The van der Waals surface area contributed by atoms with E-state index >= 15 is 0 Å². The average Bonchev–Trinajstić information content (AvgIpc) is 2.70. The smallest absolute Gasteiger partial charge is 0.237 e. The number of carbonyl (C=O) groups excluding carboxylic acids is 2. The molecule has 1 amide bonds. The summed E-state index contributed by atoms with van der Waals surface area (Å²) in [4.78, 5) is 25.4. The molecule has 1 saturated heterocycles. The Hall–Kier alpha value is -1.34. The molecule has 1 aliphatic heterocycles. The van der Waals surface area contributed by atoms with Crippen LogP contribution in [-0.4, -0.2) is 42.3 Å². The predicted octanol–water partition coefficient (Wildman–Crippen LogP) is 0.568. The maximum atomic E-state index is 12.0. The summed E-state index contributed by atoms with van der Waals surface area (Å²) >= 11 is 0. The van der Waals surface area contributed by atoms with Crippen molar-refractivity contribution in [2.45, 2.75) is 44.7 Å². The summed E-state index contributed by atoms with van der Waals surface area (Å²) in [7, 11) is 1.93. The molecule has 1 N–H and O–H groups in total. The Kier molecular flexibility index (Phi) is 5.17. The summed E-state index contributed by atoms with van der Waals surface area (Å²) in [5.41, 5.74) is 0. The molecule has 2 unspecified atom stereocenters. The molecule has 4 heteroatoms. The lowest BCUT2D eigenvalue weighted by Gasteiger charge is -2.22. The molecule has 1 heterocycles. The first-order valence-electron chi connectivity index (χ1n) is 6.00. The summed E-state index contributed by atoms with van der Waals surface area (Å²) in [6.45, 7) is 2.42. The number of hydrogen-bond acceptors (Lipinski definition) is 3. The van der Waals surface area contributed by atoms with E-state index in [1.54, 1.807) is 0 Å². The third kappa shape index (κ3) is 3.86. The van der Waals surface area contributed by atoms with Crippen molar-refractivity contribution in [1.82, 2.24) is 10.2 Å². The highest BCUT2D eigenvalue weighted by atomic mass is 16.2. The van der Waals surface area contributed by atoms with Crippen LogP contribution in [0.3, 0.4) is 0 Å². The first-order valence-corrected chi connectivity index (χ1v) is 6.00. The number of nitrogens with one attached hydrogen (secondary N) is 1. The highest BCUT2D eigenvalue weighted by Gasteiger charge is 2.29. The van der Waals surface area contributed by atoms with Gasteiger partial charge in [-0.2, -0.15) is 0 Å². The normalized spacial score (nSPS) is 21.8. The van der Waals surface area contributed by atoms with Crippen LogP contribution in [0.1, 0.15) is 32.6 Å². The second-order valence-corrected chi connectivity index (χ2v) is 4.55. The van der Waals surface area contributed by atoms with Gasteiger partial charge < -0.3 is 5.32 Å². The number of carbonyl (C=O) groups is 2. The highest BCUT2D eigenvalue weighted by molar-refractivity contribution is 5.89. The Balaban J connectivity index is 2.52. The monoisotopic (exact) mass is 236 g/mol. The van der Waals surface area contributed by atoms with Crippen molar-refractivity contribution in [3.63, 3.8) is 0 Å². The second-order valence-electron chi connectivity index (χ2n) is 4.55. The van der Waals surface area contributed by atoms with Gasteiger partial charge in [-0.3, -0.25) is 14.5 Å². The maximum Gasteiger partial charge on any atom is 0.237 e. The van der Waals surface area contributed by atoms with Crippen LogP contribution in [0.4, 0.5) is 0 Å². The third-order valence-electron chi connectivity index (χ3n) is 3.21. The van der Waals surface area contributed by atoms with E-state index in [1.807, 2.05) is 11.9 Å². The molecule has 0 saturated carbocycles. The van der Waals surface area contributed by atoms with E-state index in [2.05, 4.69) is 11.2 Å². The molecule has 0 bridgehead atoms. The van der Waals surface area contributed by atoms with E-state index in [0.717, 1.165) is 19.4 Å². The van der Waals surface area contributed by atoms with Gasteiger partial charge >= 0.3 is 0 Å². The molecular formula is C13H20N2O2. The standard InChI is InChI=1S/C13H20N2O2/c1-4-5-7-11(10(2)16)14-13(17)12-8-6-9-15(12)3/h1,11-12H,5-9H2,2-3H3,(H,14,17). The highest BCUT2D eigenvalue weighted by Crippen LogP contribution is 2.15. The molecule has 2 atom stereocenters. The van der Waals surface area contributed by atoms with Crippen molar-refractivity contribution in [2.75, 3.05) is 13.6 Å². The average molecular weight is 236 g/mol. The van der Waals surface area contributed by atoms with Gasteiger partial charge in [-0.05, 0) is 39.8 Å². The lowest BCUT2D eigenvalue weighted by molar-refractivity contribution is -0.129. The molecule has 94 valence electrons. The van der Waals surface area contributed by atoms with Crippen LogP contribution in [0.15, 0.2) is 0 Å². The van der Waals surface area contributed by atoms with Crippen molar-refractivity contribution >= 4 is 11.7 Å². The van der Waals surface area contributed by atoms with Crippen LogP contribution in [-0.2, 0) is 9.59 Å². The number of ketones is 1. The van der Waals surface area contributed by atoms with Crippen molar-refractivity contribution in [1.29, 1.82) is 0 Å². The van der Waals surface area contributed by atoms with E-state index in [0.29, 0.717) is 12.8 Å². The maximum absolute atomic E-state index is 12.0. The second kappa shape index (κ2) is 6.41. The molecule has 1 aliphatic rings. The Morgan fingerprint density at radius 2 is 2.29 bits per heavy atom. The largest absolute Gasteiger partial charge is 0.345 e. The fraction of sp³-hybridized carbons (Fsp3) is 0.692. The number of hydrogen-bond donors (Lipinski definition) is 1. The number of likely N-dealkylation sites (N-methyl/N-ethyl adjacent to an activating group) is 1. The van der Waals surface area contributed by atoms with E-state index < -0.39 is 6.04 Å². The summed E-state index contributed by atoms with van der Waals surface area (Å²) < 4.78 is 0. The zero-order valence-corrected chi connectivity index (χ0v) is 10.5. The van der Waals surface area contributed by atoms with Crippen LogP contribution in [0, 0.1) is 12.3 Å². The van der Waals surface area contributed by atoms with E-state index in [9.17, 15) is 9.59 Å². The third-order valence-corrected chi connectivity index (χ3v) is 3.21. The van der Waals surface area contributed by atoms with Crippen LogP contribution < -0.4 is 5.32 Å². The Labute approximate surface area is 103 Å². The van der Waals surface area contributed by atoms with Gasteiger partial charge in [-0.1, -0.05) is 0 Å². The minimum atomic E-state index is -0.437. The van der Waals surface area contributed by atoms with E-state index in [4.69, 9.17) is 6.42 Å². The van der Waals surface area contributed by atoms with Gasteiger partial charge in [-0.15, -0.1) is 12.3 Å². The topological polar surface area (TPSA) is 49.4 Å². The van der Waals surface area contributed by atoms with Gasteiger partial charge in [0.05, 0.1) is 12.1 Å². The molecule has 17 heavy (non-hydrogen) atoms. The number of terminal acetylenes is 1. The van der Waals surface area contributed by atoms with Gasteiger partial charge in [-0.25, -0.2) is 0 Å². The van der Waals surface area contributed by atoms with Crippen LogP contribution in [0.2, 0.25) is 0 Å². The van der Waals surface area contributed by atoms with Gasteiger partial charge in [0.1, 0.15) is 0 Å². The Morgan fingerprint density at radius 3 is 2.76 bits per heavy atom. The number of amides is 1. The fourth-order valence-electron chi connectivity index (χ4n) is 2.11. The molecule has 0 aliphatic carbocycles. The first-order chi connectivity index (χ1) is 8.06. The lowest BCUT2D eigenvalue weighted by Crippen LogP contribution is -2.48. The molecule has 0 spiro atoms. The fourth-order valence-corrected chi connectivity index (χ4v) is 2.11. The summed E-state index contributed by atoms with van der Waals surface area (Å²) in [5.74, 6) is 2.40. The summed E-state index contributed by atoms with van der Waals surface area (Å²) in [5, 5.41) is 2.80. The minimum absolute atomic E-state index is 0.0331. The quantitative estimate of drug-likeness (QED) is 0.710. The number of likely N-dealkylation sites (tertiary alicyclic amines) is 1. The summed E-state index contributed by atoms with van der Waals surface area (Å²) in [6, 6.07) is -0.532. The minimum Gasteiger partial charge on any atom is -0.345 e. The van der Waals surface area contributed by atoms with Crippen molar-refractivity contribution < 1.29 is 9.59 Å². The van der Waals surface area contributed by atoms with Crippen molar-refractivity contribution in [2.24, 2.45) is 0 Å². The molecule has 0 aromatic rings. The molecular weight excluding hydrogens is 216 g/mol. The molecule has 0 aromatic heterocycles. The molecule has 1 fully saturated rings. The molecule has 4 nitrogen and oxygen atoms in total. The molecule has 1 rings (SSSR count). The van der Waals surface area contributed by atoms with E-state index in [1.165, 1.54) is 6.92 Å². The zero-order chi connectivity index (χ0) is 12.8. The molecule has 0 aromatic carbocycles. The predicted molar refractivity (Wildman–Crippen MR) is 66.3 cm³/mol. The number of rotatable bonds is 5. The SMILES string of the molecule is C#CCCC(NC(=O)C1CCCN1C)C(C)=O. The number of Topliss-reactive ketones (excluding diaryl/α,β-unsaturated/α-hetero) is 1. The van der Waals surface area contributed by atoms with Gasteiger partial charge in [0.2, 0.25) is 5.91 Å². The van der Waals surface area contributed by atoms with Crippen molar-refractivity contribution in [3.05, 3.63) is 0 Å². The van der Waals surface area contributed by atoms with E-state index in [-0.39, 0.29) is 17.7 Å². The Morgan fingerprint density at radius 1 is 1.59 bits per heavy atom. The summed E-state index contributed by atoms with van der Waals surface area (Å²) in [6.07, 6.45) is 8.09. The van der Waals surface area contributed by atoms with Crippen LogP contribution in [0.5, 0.6) is 0 Å². The Bertz CT molecular complexity index is 333. The van der Waals surface area contributed by atoms with Gasteiger partial charge in [0.25, 0.3) is 0 Å². The van der Waals surface area contributed by atoms with Gasteiger partial charge in [0, 0.05) is 6.42 Å². The van der Waals surface area contributed by atoms with Crippen molar-refractivity contribution in [3.8, 4) is 12.3 Å². The van der Waals surface area contributed by atoms with Crippen LogP contribution >= 0.6 is 0 Å². The molecule has 0 radical (unpaired) electrons. The lowest BCUT2D eigenvalue weighted by atomic mass is 10.1. The van der Waals surface area contributed by atoms with Crippen LogP contribution in [0.25, 0.3) is 0 Å². The zero-order valence-electron chi connectivity index (χ0n) is 10.5. The first kappa shape index (κ1) is 13.7. The van der Waals surface area contributed by atoms with Gasteiger partial charge in [0.15, 0.2) is 5.78 Å².